The van der Waals surface area contributed by atoms with Crippen LogP contribution in [0.2, 0.25) is 0 Å². The molecule has 2 rings (SSSR count). The van der Waals surface area contributed by atoms with Crippen molar-refractivity contribution >= 4 is 21.4 Å². The number of nitrogens with zero attached hydrogens (tertiary/aromatic N) is 2. The van der Waals surface area contributed by atoms with Crippen LogP contribution in [0.1, 0.15) is 17.9 Å². The van der Waals surface area contributed by atoms with Crippen molar-refractivity contribution in [2.24, 2.45) is 5.73 Å². The van der Waals surface area contributed by atoms with Crippen molar-refractivity contribution in [3.05, 3.63) is 34.3 Å². The van der Waals surface area contributed by atoms with E-state index in [1.807, 2.05) is 6.92 Å². The van der Waals surface area contributed by atoms with Gasteiger partial charge in [0.25, 0.3) is 0 Å². The van der Waals surface area contributed by atoms with Crippen LogP contribution < -0.4 is 5.73 Å². The summed E-state index contributed by atoms with van der Waals surface area (Å²) in [4.78, 5) is 4.41. The van der Waals surface area contributed by atoms with Crippen LogP contribution in [-0.2, 0) is 6.42 Å². The van der Waals surface area contributed by atoms with Crippen molar-refractivity contribution in [3.63, 3.8) is 0 Å². The second-order valence-electron chi connectivity index (χ2n) is 3.58. The van der Waals surface area contributed by atoms with Gasteiger partial charge in [-0.25, -0.2) is 4.98 Å². The molecule has 0 saturated heterocycles. The van der Waals surface area contributed by atoms with Gasteiger partial charge in [0.05, 0.1) is 5.52 Å². The van der Waals surface area contributed by atoms with Gasteiger partial charge in [0.1, 0.15) is 10.4 Å². The number of hydrogen-bond donors (Lipinski definition) is 1. The van der Waals surface area contributed by atoms with E-state index in [0.717, 1.165) is 35.3 Å². The van der Waals surface area contributed by atoms with Crippen LogP contribution in [0.5, 0.6) is 0 Å². The summed E-state index contributed by atoms with van der Waals surface area (Å²) in [7, 11) is 0. The topological polar surface area (TPSA) is 43.3 Å². The maximum absolute atomic E-state index is 5.53. The Kier molecular flexibility index (Phi) is 3.07. The number of nitrogens with two attached hydrogens (primary N) is 1. The molecule has 4 heteroatoms. The van der Waals surface area contributed by atoms with Gasteiger partial charge in [-0.2, -0.15) is 0 Å². The van der Waals surface area contributed by atoms with Crippen LogP contribution in [0.15, 0.2) is 22.8 Å². The number of halogens is 1. The van der Waals surface area contributed by atoms with Crippen LogP contribution in [-0.4, -0.2) is 15.9 Å². The Hall–Kier alpha value is -0.870. The SMILES string of the molecule is Cc1nc(Br)c2cccc(CCCN)n12. The Labute approximate surface area is 97.4 Å². The first-order valence-electron chi connectivity index (χ1n) is 5.06. The molecule has 0 spiro atoms. The van der Waals surface area contributed by atoms with Crippen LogP contribution in [0.3, 0.4) is 0 Å². The van der Waals surface area contributed by atoms with Crippen LogP contribution >= 0.6 is 15.9 Å². The summed E-state index contributed by atoms with van der Waals surface area (Å²) in [6.45, 7) is 2.75. The number of aromatic nitrogens is 2. The molecule has 3 nitrogen and oxygen atoms in total. The highest BCUT2D eigenvalue weighted by Crippen LogP contribution is 2.20. The fraction of sp³-hybridized carbons (Fsp3) is 0.364. The first kappa shape index (κ1) is 10.6. The molecule has 0 bridgehead atoms. The first-order valence-corrected chi connectivity index (χ1v) is 5.86. The van der Waals surface area contributed by atoms with Gasteiger partial charge in [-0.1, -0.05) is 6.07 Å². The molecule has 0 unspecified atom stereocenters. The largest absolute Gasteiger partial charge is 0.330 e. The molecule has 0 fully saturated rings. The maximum atomic E-state index is 5.53. The second kappa shape index (κ2) is 4.33. The molecule has 0 radical (unpaired) electrons. The molecule has 0 amide bonds. The van der Waals surface area contributed by atoms with Crippen molar-refractivity contribution in [2.45, 2.75) is 19.8 Å². The van der Waals surface area contributed by atoms with Gasteiger partial charge in [-0.15, -0.1) is 0 Å². The Morgan fingerprint density at radius 3 is 3.00 bits per heavy atom. The number of imidazole rings is 1. The zero-order chi connectivity index (χ0) is 10.8. The third-order valence-corrected chi connectivity index (χ3v) is 3.09. The average molecular weight is 268 g/mol. The molecule has 15 heavy (non-hydrogen) atoms. The fourth-order valence-corrected chi connectivity index (χ4v) is 2.39. The quantitative estimate of drug-likeness (QED) is 0.928. The van der Waals surface area contributed by atoms with E-state index in [0.29, 0.717) is 0 Å². The highest BCUT2D eigenvalue weighted by molar-refractivity contribution is 9.10. The van der Waals surface area contributed by atoms with E-state index in [1.54, 1.807) is 0 Å². The molecular weight excluding hydrogens is 254 g/mol. The summed E-state index contributed by atoms with van der Waals surface area (Å²) in [5.74, 6) is 1.02. The summed E-state index contributed by atoms with van der Waals surface area (Å²) >= 11 is 3.46. The van der Waals surface area contributed by atoms with E-state index in [-0.39, 0.29) is 0 Å². The monoisotopic (exact) mass is 267 g/mol. The first-order chi connectivity index (χ1) is 7.24. The molecule has 0 saturated carbocycles. The fourth-order valence-electron chi connectivity index (χ4n) is 1.82. The molecule has 80 valence electrons. The Morgan fingerprint density at radius 1 is 1.47 bits per heavy atom. The molecule has 0 aliphatic carbocycles. The van der Waals surface area contributed by atoms with E-state index >= 15 is 0 Å². The third kappa shape index (κ3) is 1.92. The van der Waals surface area contributed by atoms with Crippen molar-refractivity contribution < 1.29 is 0 Å². The molecule has 2 aromatic heterocycles. The molecule has 0 aliphatic heterocycles. The van der Waals surface area contributed by atoms with Crippen molar-refractivity contribution in [2.75, 3.05) is 6.54 Å². The molecule has 2 aromatic rings. The second-order valence-corrected chi connectivity index (χ2v) is 4.33. The number of aryl methyl sites for hydroxylation is 2. The van der Waals surface area contributed by atoms with Gasteiger partial charge in [0, 0.05) is 5.69 Å². The molecule has 0 aromatic carbocycles. The van der Waals surface area contributed by atoms with Crippen LogP contribution in [0, 0.1) is 6.92 Å². The summed E-state index contributed by atoms with van der Waals surface area (Å²) in [6.07, 6.45) is 2.01. The Balaban J connectivity index is 2.54. The predicted octanol–water partition coefficient (Wildman–Crippen LogP) is 2.30. The highest BCUT2D eigenvalue weighted by Gasteiger charge is 2.08. The van der Waals surface area contributed by atoms with Gasteiger partial charge in [-0.3, -0.25) is 4.40 Å². The van der Waals surface area contributed by atoms with Crippen LogP contribution in [0.25, 0.3) is 5.52 Å². The summed E-state index contributed by atoms with van der Waals surface area (Å²) in [5, 5.41) is 0. The lowest BCUT2D eigenvalue weighted by Gasteiger charge is -2.06. The van der Waals surface area contributed by atoms with Gasteiger partial charge < -0.3 is 5.73 Å². The van der Waals surface area contributed by atoms with Gasteiger partial charge in [-0.05, 0) is 54.4 Å². The average Bonchev–Trinajstić information content (AvgIpc) is 2.53. The van der Waals surface area contributed by atoms with E-state index < -0.39 is 0 Å². The van der Waals surface area contributed by atoms with Crippen LogP contribution in [0.4, 0.5) is 0 Å². The third-order valence-electron chi connectivity index (χ3n) is 2.50. The molecule has 0 atom stereocenters. The van der Waals surface area contributed by atoms with E-state index in [2.05, 4.69) is 43.5 Å². The number of rotatable bonds is 3. The van der Waals surface area contributed by atoms with E-state index in [9.17, 15) is 0 Å². The zero-order valence-electron chi connectivity index (χ0n) is 8.70. The number of fused-ring (bicyclic) bond motifs is 1. The minimum absolute atomic E-state index is 0.727. The number of pyridine rings is 1. The lowest BCUT2D eigenvalue weighted by Crippen LogP contribution is -2.04. The lowest BCUT2D eigenvalue weighted by molar-refractivity contribution is 0.789. The van der Waals surface area contributed by atoms with Crippen molar-refractivity contribution in [1.29, 1.82) is 0 Å². The molecule has 2 heterocycles. The number of hydrogen-bond acceptors (Lipinski definition) is 2. The molecule has 0 aliphatic rings. The highest BCUT2D eigenvalue weighted by atomic mass is 79.9. The van der Waals surface area contributed by atoms with Gasteiger partial charge in [0.15, 0.2) is 0 Å². The lowest BCUT2D eigenvalue weighted by atomic mass is 10.2. The molecule has 2 N–H and O–H groups in total. The molecular formula is C11H14BrN3. The standard InChI is InChI=1S/C11H14BrN3/c1-8-14-11(12)10-6-2-4-9(15(8)10)5-3-7-13/h2,4,6H,3,5,7,13H2,1H3. The van der Waals surface area contributed by atoms with E-state index in [1.165, 1.54) is 5.69 Å². The van der Waals surface area contributed by atoms with Gasteiger partial charge >= 0.3 is 0 Å². The smallest absolute Gasteiger partial charge is 0.132 e. The van der Waals surface area contributed by atoms with Crippen molar-refractivity contribution in [3.8, 4) is 0 Å². The maximum Gasteiger partial charge on any atom is 0.132 e. The summed E-state index contributed by atoms with van der Waals surface area (Å²) in [6, 6.07) is 6.26. The Bertz CT molecular complexity index is 476. The van der Waals surface area contributed by atoms with Gasteiger partial charge in [0.2, 0.25) is 0 Å². The van der Waals surface area contributed by atoms with Crippen molar-refractivity contribution in [1.82, 2.24) is 9.38 Å². The zero-order valence-corrected chi connectivity index (χ0v) is 10.3. The summed E-state index contributed by atoms with van der Waals surface area (Å²) in [5.41, 5.74) is 7.93. The minimum atomic E-state index is 0.727. The van der Waals surface area contributed by atoms with E-state index in [4.69, 9.17) is 5.73 Å². The minimum Gasteiger partial charge on any atom is -0.330 e. The predicted molar refractivity (Wildman–Crippen MR) is 65.0 cm³/mol. The summed E-state index contributed by atoms with van der Waals surface area (Å²) < 4.78 is 3.09. The normalized spacial score (nSPS) is 11.1. The Morgan fingerprint density at radius 2 is 2.27 bits per heavy atom.